The molecule has 0 bridgehead atoms. The number of nitrogens with one attached hydrogen (secondary N) is 1. The second-order valence-corrected chi connectivity index (χ2v) is 9.43. The van der Waals surface area contributed by atoms with Gasteiger partial charge in [0.2, 0.25) is 5.69 Å². The van der Waals surface area contributed by atoms with Gasteiger partial charge in [-0.05, 0) is 37.6 Å². The number of aromatic nitrogens is 1. The lowest BCUT2D eigenvalue weighted by Gasteiger charge is -2.47. The number of nitrogens with zero attached hydrogens (tertiary/aromatic N) is 3. The van der Waals surface area contributed by atoms with Gasteiger partial charge in [-0.25, -0.2) is 18.0 Å². The van der Waals surface area contributed by atoms with Gasteiger partial charge in [0.1, 0.15) is 23.2 Å². The minimum absolute atomic E-state index is 0.0423. The topological polar surface area (TPSA) is 67.9 Å². The first-order valence-electron chi connectivity index (χ1n) is 10.3. The van der Waals surface area contributed by atoms with Crippen LogP contribution >= 0.6 is 11.8 Å². The largest absolute Gasteiger partial charge is 0.369 e. The lowest BCUT2D eigenvalue weighted by molar-refractivity contribution is -0.170. The zero-order valence-electron chi connectivity index (χ0n) is 17.9. The zero-order chi connectivity index (χ0) is 23.8. The molecule has 0 spiro atoms. The summed E-state index contributed by atoms with van der Waals surface area (Å²) in [4.78, 5) is 24.5. The predicted octanol–water partition coefficient (Wildman–Crippen LogP) is 5.44. The van der Waals surface area contributed by atoms with Crippen molar-refractivity contribution < 1.29 is 22.7 Å². The normalized spacial score (nSPS) is 24.9. The summed E-state index contributed by atoms with van der Waals surface area (Å²) in [5.74, 6) is -3.94. The molecule has 172 valence electrons. The summed E-state index contributed by atoms with van der Waals surface area (Å²) in [7, 11) is 0. The molecule has 3 atom stereocenters. The molecular weight excluding hydrogens is 453 g/mol. The van der Waals surface area contributed by atoms with E-state index in [0.717, 1.165) is 12.0 Å². The lowest BCUT2D eigenvalue weighted by Crippen LogP contribution is -2.53. The Hall–Kier alpha value is -2.90. The Morgan fingerprint density at radius 2 is 2.15 bits per heavy atom. The molecule has 4 rings (SSSR count). The molecule has 2 aliphatic rings. The number of thioether (sulfide) groups is 1. The number of hydrogen-bond acceptors (Lipinski definition) is 5. The number of pyridine rings is 1. The van der Waals surface area contributed by atoms with Crippen molar-refractivity contribution in [1.29, 1.82) is 0 Å². The number of hydrogen-bond donors (Lipinski definition) is 1. The predicted molar refractivity (Wildman–Crippen MR) is 121 cm³/mol. The molecule has 2 aliphatic heterocycles. The minimum Gasteiger partial charge on any atom is -0.369 e. The maximum Gasteiger partial charge on any atom is 0.274 e. The number of alkyl halides is 2. The molecule has 3 heterocycles. The van der Waals surface area contributed by atoms with E-state index in [1.54, 1.807) is 6.92 Å². The number of fused-ring (bicyclic) bond motifs is 1. The first-order chi connectivity index (χ1) is 15.6. The standard InChI is InChI=1S/C23H21F3N4O2S/c1-13-30-23(12-32-20(22(2,25)26)8-14(23)11-33-13)17-9-15(4-6-18(17)24)29-21(31)19-7-5-16(27-3)10-28-19/h4-7,9-10,14,20H,8,11-12H2,1-2H3,(H,29,31)/t14-,20+,23-/m0/s1. The second-order valence-electron chi connectivity index (χ2n) is 8.22. The Kier molecular flexibility index (Phi) is 6.20. The summed E-state index contributed by atoms with van der Waals surface area (Å²) in [6.45, 7) is 9.40. The van der Waals surface area contributed by atoms with E-state index in [-0.39, 0.29) is 30.2 Å². The highest BCUT2D eigenvalue weighted by Crippen LogP contribution is 2.49. The summed E-state index contributed by atoms with van der Waals surface area (Å²) in [6.07, 6.45) is 0.0684. The highest BCUT2D eigenvalue weighted by atomic mass is 32.2. The summed E-state index contributed by atoms with van der Waals surface area (Å²) < 4.78 is 48.5. The molecule has 0 aliphatic carbocycles. The van der Waals surface area contributed by atoms with Crippen LogP contribution in [-0.2, 0) is 10.3 Å². The Morgan fingerprint density at radius 3 is 2.82 bits per heavy atom. The molecule has 1 saturated heterocycles. The SMILES string of the molecule is [C-]#[N+]c1ccc(C(=O)Nc2ccc(F)c([C@]34CO[C@@H](C(C)(F)F)C[C@H]3CSC(C)=N4)c2)nc1. The number of amides is 1. The monoisotopic (exact) mass is 474 g/mol. The highest BCUT2D eigenvalue weighted by molar-refractivity contribution is 8.13. The third-order valence-corrected chi connectivity index (χ3v) is 6.97. The molecule has 10 heteroatoms. The number of halogens is 3. The Bertz CT molecular complexity index is 1140. The number of rotatable bonds is 4. The number of aliphatic imine (C=N–C) groups is 1. The average Bonchev–Trinajstić information content (AvgIpc) is 2.79. The van der Waals surface area contributed by atoms with Crippen LogP contribution < -0.4 is 5.32 Å². The molecule has 33 heavy (non-hydrogen) atoms. The van der Waals surface area contributed by atoms with Gasteiger partial charge in [0.25, 0.3) is 11.8 Å². The van der Waals surface area contributed by atoms with Crippen LogP contribution in [0.1, 0.15) is 36.3 Å². The lowest BCUT2D eigenvalue weighted by atomic mass is 9.74. The van der Waals surface area contributed by atoms with E-state index in [4.69, 9.17) is 16.3 Å². The fourth-order valence-electron chi connectivity index (χ4n) is 4.16. The maximum absolute atomic E-state index is 15.1. The molecule has 0 unspecified atom stereocenters. The van der Waals surface area contributed by atoms with Gasteiger partial charge in [0, 0.05) is 36.0 Å². The summed E-state index contributed by atoms with van der Waals surface area (Å²) in [5.41, 5.74) is -0.246. The number of benzene rings is 1. The molecule has 2 aromatic rings. The van der Waals surface area contributed by atoms with Gasteiger partial charge in [0.15, 0.2) is 0 Å². The van der Waals surface area contributed by atoms with Crippen molar-refractivity contribution in [3.63, 3.8) is 0 Å². The number of carbonyl (C=O) groups excluding carboxylic acids is 1. The van der Waals surface area contributed by atoms with E-state index in [2.05, 4.69) is 15.1 Å². The van der Waals surface area contributed by atoms with E-state index in [1.165, 1.54) is 48.3 Å². The maximum atomic E-state index is 15.1. The Balaban J connectivity index is 1.66. The number of anilines is 1. The molecule has 1 amide bonds. The molecule has 1 fully saturated rings. The van der Waals surface area contributed by atoms with E-state index in [1.807, 2.05) is 0 Å². The Labute approximate surface area is 193 Å². The van der Waals surface area contributed by atoms with Crippen LogP contribution in [0.25, 0.3) is 4.85 Å². The van der Waals surface area contributed by atoms with Crippen molar-refractivity contribution in [2.45, 2.75) is 37.8 Å². The second kappa shape index (κ2) is 8.80. The third kappa shape index (κ3) is 4.61. The molecule has 1 aromatic carbocycles. The van der Waals surface area contributed by atoms with Crippen LogP contribution in [0.5, 0.6) is 0 Å². The van der Waals surface area contributed by atoms with Gasteiger partial charge in [-0.2, -0.15) is 0 Å². The van der Waals surface area contributed by atoms with Crippen molar-refractivity contribution in [1.82, 2.24) is 4.98 Å². The summed E-state index contributed by atoms with van der Waals surface area (Å²) >= 11 is 1.46. The van der Waals surface area contributed by atoms with Crippen molar-refractivity contribution >= 4 is 34.1 Å². The summed E-state index contributed by atoms with van der Waals surface area (Å²) in [6, 6.07) is 7.02. The van der Waals surface area contributed by atoms with Crippen molar-refractivity contribution in [2.24, 2.45) is 10.9 Å². The van der Waals surface area contributed by atoms with Gasteiger partial charge < -0.3 is 10.1 Å². The van der Waals surface area contributed by atoms with Gasteiger partial charge in [0.05, 0.1) is 18.2 Å². The zero-order valence-corrected chi connectivity index (χ0v) is 18.8. The average molecular weight is 475 g/mol. The first-order valence-corrected chi connectivity index (χ1v) is 11.2. The Morgan fingerprint density at radius 1 is 1.36 bits per heavy atom. The molecule has 0 saturated carbocycles. The first kappa shape index (κ1) is 23.3. The third-order valence-electron chi connectivity index (χ3n) is 5.89. The van der Waals surface area contributed by atoms with Gasteiger partial charge in [-0.3, -0.25) is 14.8 Å². The molecule has 1 N–H and O–H groups in total. The highest BCUT2D eigenvalue weighted by Gasteiger charge is 2.53. The fourth-order valence-corrected chi connectivity index (χ4v) is 5.24. The van der Waals surface area contributed by atoms with Crippen molar-refractivity contribution in [3.8, 4) is 0 Å². The van der Waals surface area contributed by atoms with E-state index in [9.17, 15) is 13.6 Å². The number of carbonyl (C=O) groups is 1. The molecule has 0 radical (unpaired) electrons. The summed E-state index contributed by atoms with van der Waals surface area (Å²) in [5, 5.41) is 3.40. The van der Waals surface area contributed by atoms with Gasteiger partial charge >= 0.3 is 0 Å². The van der Waals surface area contributed by atoms with Crippen LogP contribution in [0.4, 0.5) is 24.5 Å². The van der Waals surface area contributed by atoms with E-state index < -0.39 is 29.3 Å². The molecule has 6 nitrogen and oxygen atoms in total. The van der Waals surface area contributed by atoms with E-state index >= 15 is 4.39 Å². The van der Waals surface area contributed by atoms with Crippen molar-refractivity contribution in [3.05, 3.63) is 65.0 Å². The smallest absolute Gasteiger partial charge is 0.274 e. The van der Waals surface area contributed by atoms with E-state index in [0.29, 0.717) is 17.1 Å². The van der Waals surface area contributed by atoms with Crippen LogP contribution in [0.15, 0.2) is 41.5 Å². The van der Waals surface area contributed by atoms with Gasteiger partial charge in [-0.1, -0.05) is 6.07 Å². The van der Waals surface area contributed by atoms with Crippen molar-refractivity contribution in [2.75, 3.05) is 17.7 Å². The van der Waals surface area contributed by atoms with Crippen LogP contribution in [-0.4, -0.2) is 40.3 Å². The molecular formula is C23H21F3N4O2S. The van der Waals surface area contributed by atoms with Crippen LogP contribution in [0, 0.1) is 18.3 Å². The minimum atomic E-state index is -3.02. The number of ether oxygens (including phenoxy) is 1. The molecule has 1 aromatic heterocycles. The van der Waals surface area contributed by atoms with Gasteiger partial charge in [-0.15, -0.1) is 11.8 Å². The van der Waals surface area contributed by atoms with Crippen LogP contribution in [0.3, 0.4) is 0 Å². The van der Waals surface area contributed by atoms with Crippen LogP contribution in [0.2, 0.25) is 0 Å². The quantitative estimate of drug-likeness (QED) is 0.599. The fraction of sp³-hybridized carbons (Fsp3) is 0.391.